The molecule has 2 rings (SSSR count). The zero-order valence-electron chi connectivity index (χ0n) is 10.3. The number of aryl methyl sites for hydroxylation is 1. The molecule has 5 nitrogen and oxygen atoms in total. The van der Waals surface area contributed by atoms with E-state index in [4.69, 9.17) is 11.6 Å². The molecule has 0 saturated heterocycles. The third-order valence-electron chi connectivity index (χ3n) is 2.74. The van der Waals surface area contributed by atoms with E-state index in [0.29, 0.717) is 6.54 Å². The SMILES string of the molecule is Cc1ccccc1CNc1ncc(Cl)cc1[N+](=O)[O-]. The predicted molar refractivity (Wildman–Crippen MR) is 74.4 cm³/mol. The van der Waals surface area contributed by atoms with Gasteiger partial charge in [0, 0.05) is 18.8 Å². The van der Waals surface area contributed by atoms with Crippen LogP contribution in [0.5, 0.6) is 0 Å². The van der Waals surface area contributed by atoms with Crippen LogP contribution in [0.25, 0.3) is 0 Å². The molecule has 1 aromatic heterocycles. The fraction of sp³-hybridized carbons (Fsp3) is 0.154. The van der Waals surface area contributed by atoms with Gasteiger partial charge < -0.3 is 5.32 Å². The molecule has 0 aliphatic heterocycles. The van der Waals surface area contributed by atoms with Crippen molar-refractivity contribution in [3.05, 3.63) is 62.8 Å². The molecule has 0 atom stereocenters. The van der Waals surface area contributed by atoms with Crippen molar-refractivity contribution < 1.29 is 4.92 Å². The monoisotopic (exact) mass is 277 g/mol. The maximum Gasteiger partial charge on any atom is 0.312 e. The molecule has 1 aromatic carbocycles. The second-order valence-electron chi connectivity index (χ2n) is 4.06. The number of nitrogens with one attached hydrogen (secondary N) is 1. The number of nitro groups is 1. The molecular weight excluding hydrogens is 266 g/mol. The Balaban J connectivity index is 2.20. The van der Waals surface area contributed by atoms with Crippen molar-refractivity contribution >= 4 is 23.1 Å². The average molecular weight is 278 g/mol. The minimum absolute atomic E-state index is 0.124. The molecule has 0 aliphatic carbocycles. The van der Waals surface area contributed by atoms with E-state index in [1.807, 2.05) is 31.2 Å². The van der Waals surface area contributed by atoms with Gasteiger partial charge in [-0.1, -0.05) is 35.9 Å². The number of pyridine rings is 1. The lowest BCUT2D eigenvalue weighted by Gasteiger charge is -2.08. The summed E-state index contributed by atoms with van der Waals surface area (Å²) in [5, 5.41) is 14.1. The van der Waals surface area contributed by atoms with Gasteiger partial charge in [0.05, 0.1) is 9.95 Å². The van der Waals surface area contributed by atoms with Crippen molar-refractivity contribution in [1.29, 1.82) is 0 Å². The van der Waals surface area contributed by atoms with Crippen LogP contribution in [0.3, 0.4) is 0 Å². The first-order chi connectivity index (χ1) is 9.08. The molecule has 0 radical (unpaired) electrons. The number of benzene rings is 1. The Hall–Kier alpha value is -2.14. The lowest BCUT2D eigenvalue weighted by atomic mass is 10.1. The van der Waals surface area contributed by atoms with Crippen LogP contribution < -0.4 is 5.32 Å². The van der Waals surface area contributed by atoms with E-state index in [9.17, 15) is 10.1 Å². The van der Waals surface area contributed by atoms with Crippen LogP contribution in [0.15, 0.2) is 36.5 Å². The topological polar surface area (TPSA) is 68.1 Å². The molecule has 0 aliphatic rings. The highest BCUT2D eigenvalue weighted by molar-refractivity contribution is 6.30. The van der Waals surface area contributed by atoms with Gasteiger partial charge in [0.2, 0.25) is 5.82 Å². The van der Waals surface area contributed by atoms with E-state index in [1.54, 1.807) is 0 Å². The summed E-state index contributed by atoms with van der Waals surface area (Å²) in [7, 11) is 0. The number of hydrogen-bond donors (Lipinski definition) is 1. The summed E-state index contributed by atoms with van der Waals surface area (Å²) in [5.74, 6) is 0.220. The van der Waals surface area contributed by atoms with Gasteiger partial charge in [0.1, 0.15) is 0 Å². The number of hydrogen-bond acceptors (Lipinski definition) is 4. The Morgan fingerprint density at radius 1 is 1.42 bits per heavy atom. The summed E-state index contributed by atoms with van der Waals surface area (Å²) in [6.07, 6.45) is 1.38. The van der Waals surface area contributed by atoms with Crippen molar-refractivity contribution in [2.75, 3.05) is 5.32 Å². The van der Waals surface area contributed by atoms with Gasteiger partial charge in [-0.2, -0.15) is 0 Å². The van der Waals surface area contributed by atoms with Gasteiger partial charge in [-0.3, -0.25) is 10.1 Å². The van der Waals surface area contributed by atoms with Crippen LogP contribution in [-0.2, 0) is 6.54 Å². The predicted octanol–water partition coefficient (Wildman–Crippen LogP) is 3.56. The third-order valence-corrected chi connectivity index (χ3v) is 2.95. The van der Waals surface area contributed by atoms with Crippen molar-refractivity contribution in [3.63, 3.8) is 0 Å². The van der Waals surface area contributed by atoms with Crippen molar-refractivity contribution in [3.8, 4) is 0 Å². The van der Waals surface area contributed by atoms with E-state index in [-0.39, 0.29) is 16.5 Å². The summed E-state index contributed by atoms with van der Waals surface area (Å²) >= 11 is 5.71. The number of rotatable bonds is 4. The molecule has 0 unspecified atom stereocenters. The summed E-state index contributed by atoms with van der Waals surface area (Å²) in [6, 6.07) is 9.11. The molecule has 0 bridgehead atoms. The largest absolute Gasteiger partial charge is 0.360 e. The highest BCUT2D eigenvalue weighted by atomic mass is 35.5. The van der Waals surface area contributed by atoms with E-state index in [0.717, 1.165) is 11.1 Å². The number of nitrogens with zero attached hydrogens (tertiary/aromatic N) is 2. The third kappa shape index (κ3) is 3.20. The maximum atomic E-state index is 10.9. The standard InChI is InChI=1S/C13H12ClN3O2/c1-9-4-2-3-5-10(9)7-15-13-12(17(18)19)6-11(14)8-16-13/h2-6,8H,7H2,1H3,(H,15,16). The van der Waals surface area contributed by atoms with Gasteiger partial charge in [0.15, 0.2) is 0 Å². The average Bonchev–Trinajstić information content (AvgIpc) is 2.38. The van der Waals surface area contributed by atoms with Crippen LogP contribution in [0.2, 0.25) is 5.02 Å². The normalized spacial score (nSPS) is 10.2. The molecule has 6 heteroatoms. The smallest absolute Gasteiger partial charge is 0.312 e. The molecule has 1 heterocycles. The lowest BCUT2D eigenvalue weighted by Crippen LogP contribution is -2.05. The maximum absolute atomic E-state index is 10.9. The molecule has 0 fully saturated rings. The van der Waals surface area contributed by atoms with Gasteiger partial charge in [-0.15, -0.1) is 0 Å². The first-order valence-corrected chi connectivity index (χ1v) is 6.04. The van der Waals surface area contributed by atoms with Gasteiger partial charge in [0.25, 0.3) is 0 Å². The highest BCUT2D eigenvalue weighted by Crippen LogP contribution is 2.25. The first-order valence-electron chi connectivity index (χ1n) is 5.66. The molecular formula is C13H12ClN3O2. The fourth-order valence-corrected chi connectivity index (χ4v) is 1.84. The Morgan fingerprint density at radius 2 is 2.16 bits per heavy atom. The fourth-order valence-electron chi connectivity index (χ4n) is 1.69. The Morgan fingerprint density at radius 3 is 2.84 bits per heavy atom. The molecule has 2 aromatic rings. The van der Waals surface area contributed by atoms with Crippen LogP contribution in [0, 0.1) is 17.0 Å². The Kier molecular flexibility index (Phi) is 3.97. The van der Waals surface area contributed by atoms with Crippen LogP contribution in [0.4, 0.5) is 11.5 Å². The quantitative estimate of drug-likeness (QED) is 0.685. The van der Waals surface area contributed by atoms with E-state index in [2.05, 4.69) is 10.3 Å². The minimum atomic E-state index is -0.501. The zero-order chi connectivity index (χ0) is 13.8. The van der Waals surface area contributed by atoms with E-state index in [1.165, 1.54) is 12.3 Å². The van der Waals surface area contributed by atoms with E-state index >= 15 is 0 Å². The summed E-state index contributed by atoms with van der Waals surface area (Å²) in [5.41, 5.74) is 2.06. The molecule has 0 saturated carbocycles. The lowest BCUT2D eigenvalue weighted by molar-refractivity contribution is -0.384. The van der Waals surface area contributed by atoms with Crippen molar-refractivity contribution in [2.24, 2.45) is 0 Å². The van der Waals surface area contributed by atoms with Crippen LogP contribution >= 0.6 is 11.6 Å². The van der Waals surface area contributed by atoms with Crippen LogP contribution in [0.1, 0.15) is 11.1 Å². The molecule has 19 heavy (non-hydrogen) atoms. The summed E-state index contributed by atoms with van der Waals surface area (Å²) in [6.45, 7) is 2.46. The number of aromatic nitrogens is 1. The second-order valence-corrected chi connectivity index (χ2v) is 4.49. The van der Waals surface area contributed by atoms with Crippen LogP contribution in [-0.4, -0.2) is 9.91 Å². The van der Waals surface area contributed by atoms with Gasteiger partial charge >= 0.3 is 5.69 Å². The van der Waals surface area contributed by atoms with Gasteiger partial charge in [-0.25, -0.2) is 4.98 Å². The summed E-state index contributed by atoms with van der Waals surface area (Å²) in [4.78, 5) is 14.4. The number of halogens is 1. The van der Waals surface area contributed by atoms with Crippen molar-refractivity contribution in [1.82, 2.24) is 4.98 Å². The molecule has 0 spiro atoms. The molecule has 1 N–H and O–H groups in total. The van der Waals surface area contributed by atoms with E-state index < -0.39 is 4.92 Å². The first kappa shape index (κ1) is 13.3. The Bertz CT molecular complexity index is 617. The molecule has 98 valence electrons. The second kappa shape index (κ2) is 5.67. The van der Waals surface area contributed by atoms with Gasteiger partial charge in [-0.05, 0) is 18.1 Å². The van der Waals surface area contributed by atoms with Crippen molar-refractivity contribution in [2.45, 2.75) is 13.5 Å². The number of anilines is 1. The zero-order valence-corrected chi connectivity index (χ0v) is 11.0. The summed E-state index contributed by atoms with van der Waals surface area (Å²) < 4.78 is 0. The minimum Gasteiger partial charge on any atom is -0.360 e. The molecule has 0 amide bonds. The highest BCUT2D eigenvalue weighted by Gasteiger charge is 2.15. The Labute approximate surface area is 115 Å².